The van der Waals surface area contributed by atoms with Crippen LogP contribution in [0.3, 0.4) is 0 Å². The quantitative estimate of drug-likeness (QED) is 0.206. The van der Waals surface area contributed by atoms with Crippen LogP contribution in [0, 0.1) is 0 Å². The van der Waals surface area contributed by atoms with Crippen LogP contribution >= 0.6 is 0 Å². The fourth-order valence-electron chi connectivity index (χ4n) is 6.64. The van der Waals surface area contributed by atoms with Crippen molar-refractivity contribution in [1.82, 2.24) is 14.4 Å². The van der Waals surface area contributed by atoms with E-state index in [2.05, 4.69) is 137 Å². The van der Waals surface area contributed by atoms with Crippen LogP contribution in [0.5, 0.6) is 0 Å². The van der Waals surface area contributed by atoms with Crippen molar-refractivity contribution in [2.24, 2.45) is 0 Å². The molecule has 0 amide bonds. The number of rotatable bonds is 3. The minimum Gasteiger partial charge on any atom is -0.292 e. The van der Waals surface area contributed by atoms with Crippen LogP contribution in [-0.2, 0) is 0 Å². The maximum atomic E-state index is 5.24. The molecule has 200 valence electrons. The van der Waals surface area contributed by atoms with Crippen molar-refractivity contribution in [3.63, 3.8) is 0 Å². The summed E-state index contributed by atoms with van der Waals surface area (Å²) in [6.45, 7) is 0. The van der Waals surface area contributed by atoms with Crippen molar-refractivity contribution in [3.8, 4) is 33.9 Å². The molecule has 0 N–H and O–H groups in total. The predicted molar refractivity (Wildman–Crippen MR) is 179 cm³/mol. The van der Waals surface area contributed by atoms with E-state index < -0.39 is 0 Å². The molecule has 0 bridgehead atoms. The highest BCUT2D eigenvalue weighted by molar-refractivity contribution is 6.25. The van der Waals surface area contributed by atoms with Gasteiger partial charge in [-0.1, -0.05) is 109 Å². The van der Waals surface area contributed by atoms with Gasteiger partial charge in [0.25, 0.3) is 0 Å². The Labute approximate surface area is 248 Å². The smallest absolute Gasteiger partial charge is 0.145 e. The Bertz CT molecular complexity index is 2470. The van der Waals surface area contributed by atoms with Crippen LogP contribution in [0.2, 0.25) is 0 Å². The number of imidazole rings is 1. The van der Waals surface area contributed by atoms with Crippen molar-refractivity contribution < 1.29 is 0 Å². The van der Waals surface area contributed by atoms with Crippen molar-refractivity contribution in [1.29, 1.82) is 0 Å². The number of pyridine rings is 2. The number of nitrogens with zero attached hydrogens (tertiary/aromatic N) is 3. The number of hydrogen-bond acceptors (Lipinski definition) is 2. The minimum atomic E-state index is 0.867. The maximum absolute atomic E-state index is 5.24. The molecule has 0 unspecified atom stereocenters. The molecule has 3 nitrogen and oxygen atoms in total. The highest BCUT2D eigenvalue weighted by Crippen LogP contribution is 2.38. The molecule has 3 heteroatoms. The standard InChI is InChI=1S/C40H25N3/c1-6-18-37-26(10-1)20-22-38-39(36-17-7-8-23-41-36)42-40(43(37)38)29-12-9-11-27(24-29)28-19-21-34-32-15-3-2-13-30(32)31-14-4-5-16-33(31)35(34)25-28/h1-25H. The zero-order valence-electron chi connectivity index (χ0n) is 23.3. The molecule has 0 aliphatic carbocycles. The SMILES string of the molecule is c1ccc(-c2nc(-c3cccc(-c4ccc5c6ccccc6c6ccccc6c5c4)c3)n3c2ccc2ccccc23)nc1. The molecule has 9 rings (SSSR count). The lowest BCUT2D eigenvalue weighted by atomic mass is 9.92. The van der Waals surface area contributed by atoms with Crippen LogP contribution in [0.4, 0.5) is 0 Å². The summed E-state index contributed by atoms with van der Waals surface area (Å²) >= 11 is 0. The second kappa shape index (κ2) is 9.37. The van der Waals surface area contributed by atoms with Crippen molar-refractivity contribution in [2.75, 3.05) is 0 Å². The molecule has 6 aromatic carbocycles. The van der Waals surface area contributed by atoms with E-state index in [9.17, 15) is 0 Å². The number of hydrogen-bond donors (Lipinski definition) is 0. The largest absolute Gasteiger partial charge is 0.292 e. The summed E-state index contributed by atoms with van der Waals surface area (Å²) in [7, 11) is 0. The van der Waals surface area contributed by atoms with Gasteiger partial charge in [0.15, 0.2) is 0 Å². The van der Waals surface area contributed by atoms with Gasteiger partial charge in [-0.15, -0.1) is 0 Å². The van der Waals surface area contributed by atoms with E-state index >= 15 is 0 Å². The van der Waals surface area contributed by atoms with Gasteiger partial charge in [-0.25, -0.2) is 4.98 Å². The van der Waals surface area contributed by atoms with Crippen molar-refractivity contribution >= 4 is 48.7 Å². The molecular weight excluding hydrogens is 522 g/mol. The van der Waals surface area contributed by atoms with Crippen LogP contribution < -0.4 is 0 Å². The summed E-state index contributed by atoms with van der Waals surface area (Å²) in [5.41, 5.74) is 7.33. The zero-order chi connectivity index (χ0) is 28.3. The molecule has 0 saturated heterocycles. The summed E-state index contributed by atoms with van der Waals surface area (Å²) in [6.07, 6.45) is 1.83. The number of aromatic nitrogens is 3. The normalized spacial score (nSPS) is 11.7. The average molecular weight is 548 g/mol. The molecule has 0 aliphatic heterocycles. The molecule has 9 aromatic rings. The third-order valence-corrected chi connectivity index (χ3v) is 8.62. The second-order valence-electron chi connectivity index (χ2n) is 11.0. The Balaban J connectivity index is 1.28. The molecule has 43 heavy (non-hydrogen) atoms. The number of fused-ring (bicyclic) bond motifs is 9. The van der Waals surface area contributed by atoms with Crippen LogP contribution in [0.25, 0.3) is 82.6 Å². The van der Waals surface area contributed by atoms with Gasteiger partial charge in [0.2, 0.25) is 0 Å². The predicted octanol–water partition coefficient (Wildman–Crippen LogP) is 10.3. The second-order valence-corrected chi connectivity index (χ2v) is 11.0. The van der Waals surface area contributed by atoms with Gasteiger partial charge in [0.05, 0.1) is 16.7 Å². The summed E-state index contributed by atoms with van der Waals surface area (Å²) in [5.74, 6) is 0.909. The summed E-state index contributed by atoms with van der Waals surface area (Å²) < 4.78 is 2.28. The van der Waals surface area contributed by atoms with Gasteiger partial charge in [-0.05, 0) is 85.2 Å². The molecular formula is C40H25N3. The van der Waals surface area contributed by atoms with E-state index in [4.69, 9.17) is 4.98 Å². The van der Waals surface area contributed by atoms with Crippen LogP contribution in [-0.4, -0.2) is 14.4 Å². The summed E-state index contributed by atoms with van der Waals surface area (Å²) in [4.78, 5) is 9.89. The molecule has 3 aromatic heterocycles. The molecule has 0 spiro atoms. The maximum Gasteiger partial charge on any atom is 0.145 e. The highest BCUT2D eigenvalue weighted by atomic mass is 15.0. The Morgan fingerprint density at radius 3 is 1.84 bits per heavy atom. The fraction of sp³-hybridized carbons (Fsp3) is 0. The van der Waals surface area contributed by atoms with E-state index in [-0.39, 0.29) is 0 Å². The van der Waals surface area contributed by atoms with Crippen molar-refractivity contribution in [3.05, 3.63) is 152 Å². The number of benzene rings is 6. The lowest BCUT2D eigenvalue weighted by Gasteiger charge is -2.12. The first-order valence-electron chi connectivity index (χ1n) is 14.6. The Hall–Kier alpha value is -5.80. The van der Waals surface area contributed by atoms with Crippen LogP contribution in [0.15, 0.2) is 152 Å². The zero-order valence-corrected chi connectivity index (χ0v) is 23.3. The minimum absolute atomic E-state index is 0.867. The number of para-hydroxylation sites is 1. The van der Waals surface area contributed by atoms with Gasteiger partial charge < -0.3 is 0 Å². The monoisotopic (exact) mass is 547 g/mol. The molecule has 0 aliphatic rings. The van der Waals surface area contributed by atoms with E-state index in [0.717, 1.165) is 39.4 Å². The molecule has 0 saturated carbocycles. The third-order valence-electron chi connectivity index (χ3n) is 8.62. The van der Waals surface area contributed by atoms with Gasteiger partial charge in [-0.3, -0.25) is 9.38 Å². The fourth-order valence-corrected chi connectivity index (χ4v) is 6.64. The first-order chi connectivity index (χ1) is 21.3. The topological polar surface area (TPSA) is 30.2 Å². The average Bonchev–Trinajstić information content (AvgIpc) is 3.49. The Kier molecular flexibility index (Phi) is 5.20. The van der Waals surface area contributed by atoms with E-state index in [0.29, 0.717) is 0 Å². The van der Waals surface area contributed by atoms with Crippen molar-refractivity contribution in [2.45, 2.75) is 0 Å². The first-order valence-corrected chi connectivity index (χ1v) is 14.6. The Morgan fingerprint density at radius 2 is 1.07 bits per heavy atom. The molecule has 0 radical (unpaired) electrons. The van der Waals surface area contributed by atoms with Gasteiger partial charge >= 0.3 is 0 Å². The van der Waals surface area contributed by atoms with E-state index in [1.165, 1.54) is 43.3 Å². The lowest BCUT2D eigenvalue weighted by Crippen LogP contribution is -1.92. The molecule has 3 heterocycles. The Morgan fingerprint density at radius 1 is 0.419 bits per heavy atom. The lowest BCUT2D eigenvalue weighted by molar-refractivity contribution is 1.21. The summed E-state index contributed by atoms with van der Waals surface area (Å²) in [5, 5.41) is 8.86. The van der Waals surface area contributed by atoms with Gasteiger partial charge in [-0.2, -0.15) is 0 Å². The van der Waals surface area contributed by atoms with Gasteiger partial charge in [0.1, 0.15) is 11.5 Å². The highest BCUT2D eigenvalue weighted by Gasteiger charge is 2.18. The molecule has 0 atom stereocenters. The van der Waals surface area contributed by atoms with Gasteiger partial charge in [0, 0.05) is 11.8 Å². The van der Waals surface area contributed by atoms with Crippen LogP contribution in [0.1, 0.15) is 0 Å². The third kappa shape index (κ3) is 3.68. The summed E-state index contributed by atoms with van der Waals surface area (Å²) in [6, 6.07) is 51.9. The van der Waals surface area contributed by atoms with E-state index in [1.54, 1.807) is 0 Å². The van der Waals surface area contributed by atoms with E-state index in [1.807, 2.05) is 24.4 Å². The first kappa shape index (κ1) is 23.9. The molecule has 0 fully saturated rings.